The van der Waals surface area contributed by atoms with Crippen molar-refractivity contribution in [3.8, 4) is 0 Å². The van der Waals surface area contributed by atoms with Gasteiger partial charge in [-0.05, 0) is 71.2 Å². The molecule has 194 valence electrons. The van der Waals surface area contributed by atoms with Crippen molar-refractivity contribution >= 4 is 48.3 Å². The Kier molecular flexibility index (Phi) is 11.5. The van der Waals surface area contributed by atoms with Crippen LogP contribution in [0.3, 0.4) is 0 Å². The molecule has 1 aliphatic carbocycles. The minimum atomic E-state index is 0. The molecule has 3 heterocycles. The summed E-state index contributed by atoms with van der Waals surface area (Å²) in [7, 11) is 2.27. The number of para-hydroxylation sites is 2. The van der Waals surface area contributed by atoms with Crippen LogP contribution < -0.4 is 0 Å². The molecule has 3 fully saturated rings. The van der Waals surface area contributed by atoms with E-state index in [9.17, 15) is 0 Å². The molecule has 5 rings (SSSR count). The van der Waals surface area contributed by atoms with Crippen LogP contribution in [0, 0.1) is 0 Å². The first-order chi connectivity index (χ1) is 15.1. The molecule has 0 N–H and O–H groups in total. The SMILES string of the molecule is CN1CCC[C@H](c2nc3ccccc3n2C2CCN(C3(C)CCCCCCC3)CC2)C1.Cl.Cl.Cl. The van der Waals surface area contributed by atoms with Crippen LogP contribution in [-0.2, 0) is 0 Å². The summed E-state index contributed by atoms with van der Waals surface area (Å²) < 4.78 is 2.68. The zero-order valence-electron chi connectivity index (χ0n) is 21.1. The largest absolute Gasteiger partial charge is 0.324 e. The molecule has 2 aromatic rings. The van der Waals surface area contributed by atoms with Crippen molar-refractivity contribution in [3.05, 3.63) is 30.1 Å². The molecule has 1 saturated carbocycles. The Morgan fingerprint density at radius 2 is 1.47 bits per heavy atom. The van der Waals surface area contributed by atoms with E-state index in [4.69, 9.17) is 4.98 Å². The Labute approximate surface area is 225 Å². The molecule has 4 nitrogen and oxygen atoms in total. The number of likely N-dealkylation sites (N-methyl/N-ethyl adjacent to an activating group) is 1. The molecule has 1 aromatic heterocycles. The Morgan fingerprint density at radius 1 is 0.824 bits per heavy atom. The quantitative estimate of drug-likeness (QED) is 0.417. The first kappa shape index (κ1) is 29.7. The average Bonchev–Trinajstić information content (AvgIpc) is 3.16. The highest BCUT2D eigenvalue weighted by atomic mass is 35.5. The molecular formula is C27H45Cl3N4. The summed E-state index contributed by atoms with van der Waals surface area (Å²) in [5, 5.41) is 0. The van der Waals surface area contributed by atoms with Crippen molar-refractivity contribution in [2.45, 2.75) is 95.1 Å². The fraction of sp³-hybridized carbons (Fsp3) is 0.741. The number of fused-ring (bicyclic) bond motifs is 1. The summed E-state index contributed by atoms with van der Waals surface area (Å²) in [6, 6.07) is 9.47. The molecule has 0 amide bonds. The minimum Gasteiger partial charge on any atom is -0.324 e. The van der Waals surface area contributed by atoms with E-state index in [0.717, 1.165) is 6.54 Å². The van der Waals surface area contributed by atoms with Gasteiger partial charge in [-0.1, -0.05) is 44.2 Å². The van der Waals surface area contributed by atoms with Gasteiger partial charge < -0.3 is 9.47 Å². The highest BCUT2D eigenvalue weighted by Gasteiger charge is 2.36. The fourth-order valence-electron chi connectivity index (χ4n) is 6.76. The molecule has 0 radical (unpaired) electrons. The normalized spacial score (nSPS) is 24.8. The second kappa shape index (κ2) is 13.1. The number of piperidine rings is 2. The summed E-state index contributed by atoms with van der Waals surface area (Å²) in [6.07, 6.45) is 15.1. The minimum absolute atomic E-state index is 0. The number of hydrogen-bond acceptors (Lipinski definition) is 3. The lowest BCUT2D eigenvalue weighted by molar-refractivity contribution is 0.0434. The smallest absolute Gasteiger partial charge is 0.114 e. The maximum Gasteiger partial charge on any atom is 0.114 e. The number of imidazole rings is 1. The number of aromatic nitrogens is 2. The van der Waals surface area contributed by atoms with Crippen LogP contribution >= 0.6 is 37.2 Å². The zero-order valence-corrected chi connectivity index (χ0v) is 23.5. The number of benzene rings is 1. The highest BCUT2D eigenvalue weighted by Crippen LogP contribution is 2.38. The summed E-state index contributed by atoms with van der Waals surface area (Å²) in [4.78, 5) is 10.6. The van der Waals surface area contributed by atoms with Gasteiger partial charge in [0.25, 0.3) is 0 Å². The fourth-order valence-corrected chi connectivity index (χ4v) is 6.76. The van der Waals surface area contributed by atoms with Crippen LogP contribution in [0.15, 0.2) is 24.3 Å². The van der Waals surface area contributed by atoms with Gasteiger partial charge in [0.1, 0.15) is 5.82 Å². The lowest BCUT2D eigenvalue weighted by Crippen LogP contribution is -2.50. The molecular weight excluding hydrogens is 487 g/mol. The maximum absolute atomic E-state index is 5.21. The molecule has 1 atom stereocenters. The molecule has 2 saturated heterocycles. The van der Waals surface area contributed by atoms with E-state index in [1.807, 2.05) is 0 Å². The number of likely N-dealkylation sites (tertiary alicyclic amines) is 2. The Morgan fingerprint density at radius 3 is 2.15 bits per heavy atom. The zero-order chi connectivity index (χ0) is 21.3. The van der Waals surface area contributed by atoms with Crippen molar-refractivity contribution < 1.29 is 0 Å². The predicted octanol–water partition coefficient (Wildman–Crippen LogP) is 7.25. The van der Waals surface area contributed by atoms with Crippen LogP contribution in [-0.4, -0.2) is 58.1 Å². The summed E-state index contributed by atoms with van der Waals surface area (Å²) >= 11 is 0. The number of hydrogen-bond donors (Lipinski definition) is 0. The molecule has 0 spiro atoms. The second-order valence-corrected chi connectivity index (χ2v) is 10.9. The standard InChI is InChI=1S/C27H42N4.3ClH/c1-27(16-8-4-3-5-9-17-27)30-19-14-23(15-20-30)31-25-13-7-6-12-24(25)28-26(31)22-11-10-18-29(2)21-22;;;/h6-7,12-13,22-23H,3-5,8-11,14-21H2,1-2H3;3*1H/t22-;;;/m0.../s1. The summed E-state index contributed by atoms with van der Waals surface area (Å²) in [6.45, 7) is 7.44. The third-order valence-corrected chi connectivity index (χ3v) is 8.64. The molecule has 0 bridgehead atoms. The Bertz CT molecular complexity index is 870. The molecule has 34 heavy (non-hydrogen) atoms. The van der Waals surface area contributed by atoms with Gasteiger partial charge in [-0.25, -0.2) is 4.98 Å². The Hall–Kier alpha value is -0.520. The van der Waals surface area contributed by atoms with E-state index in [1.54, 1.807) is 0 Å². The van der Waals surface area contributed by atoms with Crippen molar-refractivity contribution in [1.29, 1.82) is 0 Å². The number of rotatable bonds is 3. The number of halogens is 3. The molecule has 0 unspecified atom stereocenters. The van der Waals surface area contributed by atoms with Gasteiger partial charge in [0.2, 0.25) is 0 Å². The van der Waals surface area contributed by atoms with Gasteiger partial charge in [-0.3, -0.25) is 4.90 Å². The lowest BCUT2D eigenvalue weighted by atomic mass is 9.82. The first-order valence-electron chi connectivity index (χ1n) is 13.0. The van der Waals surface area contributed by atoms with Crippen molar-refractivity contribution in [3.63, 3.8) is 0 Å². The molecule has 3 aliphatic rings. The maximum atomic E-state index is 5.21. The van der Waals surface area contributed by atoms with Gasteiger partial charge in [-0.2, -0.15) is 0 Å². The van der Waals surface area contributed by atoms with Crippen molar-refractivity contribution in [2.24, 2.45) is 0 Å². The second-order valence-electron chi connectivity index (χ2n) is 10.9. The predicted molar refractivity (Wildman–Crippen MR) is 152 cm³/mol. The van der Waals surface area contributed by atoms with Crippen LogP contribution in [0.25, 0.3) is 11.0 Å². The van der Waals surface area contributed by atoms with Crippen LogP contribution in [0.4, 0.5) is 0 Å². The van der Waals surface area contributed by atoms with Crippen molar-refractivity contribution in [2.75, 3.05) is 33.2 Å². The monoisotopic (exact) mass is 530 g/mol. The van der Waals surface area contributed by atoms with Crippen LogP contribution in [0.5, 0.6) is 0 Å². The van der Waals surface area contributed by atoms with E-state index in [0.29, 0.717) is 17.5 Å². The van der Waals surface area contributed by atoms with Gasteiger partial charge >= 0.3 is 0 Å². The van der Waals surface area contributed by atoms with E-state index in [-0.39, 0.29) is 37.2 Å². The van der Waals surface area contributed by atoms with Gasteiger partial charge in [0, 0.05) is 37.1 Å². The van der Waals surface area contributed by atoms with Gasteiger partial charge in [0.15, 0.2) is 0 Å². The third kappa shape index (κ3) is 6.24. The highest BCUT2D eigenvalue weighted by molar-refractivity contribution is 5.86. The molecule has 7 heteroatoms. The Balaban J connectivity index is 0.00000136. The average molecular weight is 532 g/mol. The topological polar surface area (TPSA) is 24.3 Å². The molecule has 1 aromatic carbocycles. The first-order valence-corrected chi connectivity index (χ1v) is 13.0. The van der Waals surface area contributed by atoms with Gasteiger partial charge in [0.05, 0.1) is 11.0 Å². The van der Waals surface area contributed by atoms with Crippen LogP contribution in [0.2, 0.25) is 0 Å². The summed E-state index contributed by atoms with van der Waals surface area (Å²) in [5.74, 6) is 1.94. The van der Waals surface area contributed by atoms with Crippen molar-refractivity contribution in [1.82, 2.24) is 19.4 Å². The third-order valence-electron chi connectivity index (χ3n) is 8.64. The van der Waals surface area contributed by atoms with Gasteiger partial charge in [-0.15, -0.1) is 37.2 Å². The van der Waals surface area contributed by atoms with E-state index >= 15 is 0 Å². The van der Waals surface area contributed by atoms with Crippen LogP contribution in [0.1, 0.15) is 95.3 Å². The van der Waals surface area contributed by atoms with E-state index < -0.39 is 0 Å². The lowest BCUT2D eigenvalue weighted by Gasteiger charge is -2.46. The van der Waals surface area contributed by atoms with E-state index in [1.165, 1.54) is 107 Å². The number of nitrogens with zero attached hydrogens (tertiary/aromatic N) is 4. The van der Waals surface area contributed by atoms with E-state index in [2.05, 4.69) is 52.6 Å². The summed E-state index contributed by atoms with van der Waals surface area (Å²) in [5.41, 5.74) is 2.98. The molecule has 2 aliphatic heterocycles.